The summed E-state index contributed by atoms with van der Waals surface area (Å²) in [4.78, 5) is 26.3. The number of aryl methyl sites for hydroxylation is 1. The van der Waals surface area contributed by atoms with Crippen LogP contribution in [-0.4, -0.2) is 47.9 Å². The Morgan fingerprint density at radius 3 is 3.05 bits per heavy atom. The molecular formula is C10H12N6O3S2. The Hall–Kier alpha value is -2.01. The lowest BCUT2D eigenvalue weighted by Crippen LogP contribution is -2.14. The van der Waals surface area contributed by atoms with Crippen LogP contribution in [0.25, 0.3) is 0 Å². The minimum atomic E-state index is -0.958. The number of anilines is 1. The molecule has 112 valence electrons. The third-order valence-corrected chi connectivity index (χ3v) is 4.03. The first-order chi connectivity index (χ1) is 10.1. The number of carbonyl (C=O) groups is 2. The van der Waals surface area contributed by atoms with E-state index in [1.54, 1.807) is 10.1 Å². The molecule has 0 spiro atoms. The number of thiazole rings is 1. The van der Waals surface area contributed by atoms with Crippen LogP contribution in [0.1, 0.15) is 12.6 Å². The molecule has 0 radical (unpaired) electrons. The second-order valence-corrected chi connectivity index (χ2v) is 5.63. The predicted octanol–water partition coefficient (Wildman–Crippen LogP) is 0.507. The van der Waals surface area contributed by atoms with Gasteiger partial charge in [-0.2, -0.15) is 0 Å². The number of rotatable bonds is 7. The monoisotopic (exact) mass is 328 g/mol. The Bertz CT molecular complexity index is 640. The van der Waals surface area contributed by atoms with Gasteiger partial charge in [-0.1, -0.05) is 11.8 Å². The zero-order chi connectivity index (χ0) is 15.2. The van der Waals surface area contributed by atoms with Crippen molar-refractivity contribution in [3.05, 3.63) is 11.1 Å². The smallest absolute Gasteiger partial charge is 0.309 e. The van der Waals surface area contributed by atoms with Gasteiger partial charge >= 0.3 is 5.97 Å². The number of hydrogen-bond acceptors (Lipinski definition) is 8. The zero-order valence-electron chi connectivity index (χ0n) is 11.0. The van der Waals surface area contributed by atoms with Gasteiger partial charge in [-0.25, -0.2) is 9.67 Å². The molecular weight excluding hydrogens is 316 g/mol. The minimum absolute atomic E-state index is 0.147. The molecule has 2 heterocycles. The molecule has 21 heavy (non-hydrogen) atoms. The number of hydrogen-bond donors (Lipinski definition) is 2. The number of amides is 1. The van der Waals surface area contributed by atoms with Crippen LogP contribution in [0.4, 0.5) is 5.13 Å². The first-order valence-corrected chi connectivity index (χ1v) is 7.80. The van der Waals surface area contributed by atoms with Crippen LogP contribution < -0.4 is 5.32 Å². The van der Waals surface area contributed by atoms with Crippen molar-refractivity contribution >= 4 is 40.1 Å². The second kappa shape index (κ2) is 7.13. The molecule has 11 heteroatoms. The normalized spacial score (nSPS) is 10.5. The maximum atomic E-state index is 11.8. The summed E-state index contributed by atoms with van der Waals surface area (Å²) in [6.07, 6.45) is -0.160. The minimum Gasteiger partial charge on any atom is -0.481 e. The Labute approximate surface area is 127 Å². The lowest BCUT2D eigenvalue weighted by atomic mass is 10.3. The third kappa shape index (κ3) is 4.49. The second-order valence-electron chi connectivity index (χ2n) is 3.83. The summed E-state index contributed by atoms with van der Waals surface area (Å²) in [7, 11) is 0. The average Bonchev–Trinajstić information content (AvgIpc) is 3.04. The Morgan fingerprint density at radius 1 is 1.52 bits per heavy atom. The van der Waals surface area contributed by atoms with Gasteiger partial charge in [0.05, 0.1) is 17.9 Å². The van der Waals surface area contributed by atoms with E-state index in [9.17, 15) is 9.59 Å². The summed E-state index contributed by atoms with van der Waals surface area (Å²) in [6.45, 7) is 2.53. The molecule has 9 nitrogen and oxygen atoms in total. The van der Waals surface area contributed by atoms with Crippen molar-refractivity contribution in [1.29, 1.82) is 0 Å². The maximum Gasteiger partial charge on any atom is 0.309 e. The number of nitrogens with one attached hydrogen (secondary N) is 1. The molecule has 0 atom stereocenters. The first-order valence-electron chi connectivity index (χ1n) is 5.93. The Morgan fingerprint density at radius 2 is 2.33 bits per heavy atom. The van der Waals surface area contributed by atoms with Gasteiger partial charge in [-0.15, -0.1) is 16.4 Å². The van der Waals surface area contributed by atoms with E-state index < -0.39 is 5.97 Å². The van der Waals surface area contributed by atoms with E-state index in [4.69, 9.17) is 5.11 Å². The van der Waals surface area contributed by atoms with E-state index in [1.165, 1.54) is 23.1 Å². The van der Waals surface area contributed by atoms with Gasteiger partial charge < -0.3 is 10.4 Å². The molecule has 0 saturated carbocycles. The molecule has 2 rings (SSSR count). The fourth-order valence-electron chi connectivity index (χ4n) is 1.38. The summed E-state index contributed by atoms with van der Waals surface area (Å²) in [5.74, 6) is -1.06. The summed E-state index contributed by atoms with van der Waals surface area (Å²) in [6, 6.07) is 0. The highest BCUT2D eigenvalue weighted by Crippen LogP contribution is 2.18. The number of nitrogens with zero attached hydrogens (tertiary/aromatic N) is 5. The molecule has 0 aromatic carbocycles. The van der Waals surface area contributed by atoms with E-state index in [1.807, 2.05) is 6.92 Å². The van der Waals surface area contributed by atoms with Crippen LogP contribution in [0.5, 0.6) is 0 Å². The number of thioether (sulfide) groups is 1. The van der Waals surface area contributed by atoms with E-state index in [0.717, 1.165) is 0 Å². The van der Waals surface area contributed by atoms with Gasteiger partial charge in [0.2, 0.25) is 11.1 Å². The van der Waals surface area contributed by atoms with Crippen molar-refractivity contribution in [2.75, 3.05) is 11.1 Å². The molecule has 0 saturated heterocycles. The zero-order valence-corrected chi connectivity index (χ0v) is 12.6. The van der Waals surface area contributed by atoms with Crippen molar-refractivity contribution in [1.82, 2.24) is 25.2 Å². The largest absolute Gasteiger partial charge is 0.481 e. The molecule has 0 aliphatic rings. The van der Waals surface area contributed by atoms with Gasteiger partial charge in [0.15, 0.2) is 5.13 Å². The number of carboxylic acid groups (broad SMARTS) is 1. The highest BCUT2D eigenvalue weighted by Gasteiger charge is 2.11. The van der Waals surface area contributed by atoms with Crippen LogP contribution in [0.2, 0.25) is 0 Å². The van der Waals surface area contributed by atoms with Crippen LogP contribution in [0, 0.1) is 0 Å². The summed E-state index contributed by atoms with van der Waals surface area (Å²) in [5, 5.41) is 24.9. The molecule has 0 fully saturated rings. The molecule has 0 aliphatic carbocycles. The molecule has 2 aromatic heterocycles. The quantitative estimate of drug-likeness (QED) is 0.705. The summed E-state index contributed by atoms with van der Waals surface area (Å²) in [5.41, 5.74) is 0.422. The summed E-state index contributed by atoms with van der Waals surface area (Å²) < 4.78 is 1.59. The SMILES string of the molecule is CCn1nnnc1SCC(=O)Nc1nc(CC(=O)O)cs1. The molecule has 0 bridgehead atoms. The third-order valence-electron chi connectivity index (χ3n) is 2.26. The Balaban J connectivity index is 1.84. The molecule has 2 aromatic rings. The van der Waals surface area contributed by atoms with E-state index in [2.05, 4.69) is 25.8 Å². The van der Waals surface area contributed by atoms with Gasteiger partial charge in [-0.3, -0.25) is 9.59 Å². The van der Waals surface area contributed by atoms with Crippen molar-refractivity contribution in [2.45, 2.75) is 25.0 Å². The predicted molar refractivity (Wildman–Crippen MR) is 76.3 cm³/mol. The van der Waals surface area contributed by atoms with Crippen LogP contribution in [-0.2, 0) is 22.6 Å². The first kappa shape index (κ1) is 15.4. The van der Waals surface area contributed by atoms with Gasteiger partial charge in [-0.05, 0) is 17.4 Å². The van der Waals surface area contributed by atoms with Gasteiger partial charge in [0, 0.05) is 11.9 Å². The van der Waals surface area contributed by atoms with Crippen LogP contribution in [0.15, 0.2) is 10.5 Å². The molecule has 2 N–H and O–H groups in total. The fraction of sp³-hybridized carbons (Fsp3) is 0.400. The Kier molecular flexibility index (Phi) is 5.22. The molecule has 0 aliphatic heterocycles. The number of carbonyl (C=O) groups excluding carboxylic acids is 1. The van der Waals surface area contributed by atoms with Crippen molar-refractivity contribution < 1.29 is 14.7 Å². The molecule has 0 unspecified atom stereocenters. The van der Waals surface area contributed by atoms with E-state index in [-0.39, 0.29) is 18.1 Å². The van der Waals surface area contributed by atoms with Gasteiger partial charge in [0.25, 0.3) is 0 Å². The van der Waals surface area contributed by atoms with Crippen molar-refractivity contribution in [3.63, 3.8) is 0 Å². The van der Waals surface area contributed by atoms with Gasteiger partial charge in [0.1, 0.15) is 0 Å². The topological polar surface area (TPSA) is 123 Å². The van der Waals surface area contributed by atoms with Crippen molar-refractivity contribution in [3.8, 4) is 0 Å². The highest BCUT2D eigenvalue weighted by molar-refractivity contribution is 7.99. The standard InChI is InChI=1S/C10H12N6O3S2/c1-2-16-10(13-14-15-16)21-5-7(17)12-9-11-6(4-20-9)3-8(18)19/h4H,2-3,5H2,1H3,(H,18,19)(H,11,12,17). The number of carboxylic acids is 1. The summed E-state index contributed by atoms with van der Waals surface area (Å²) >= 11 is 2.41. The number of aromatic nitrogens is 5. The van der Waals surface area contributed by atoms with Crippen molar-refractivity contribution in [2.24, 2.45) is 0 Å². The number of tetrazole rings is 1. The van der Waals surface area contributed by atoms with Crippen LogP contribution >= 0.6 is 23.1 Å². The fourth-order valence-corrected chi connectivity index (χ4v) is 2.85. The highest BCUT2D eigenvalue weighted by atomic mass is 32.2. The lowest BCUT2D eigenvalue weighted by molar-refractivity contribution is -0.136. The lowest BCUT2D eigenvalue weighted by Gasteiger charge is -2.01. The van der Waals surface area contributed by atoms with Crippen LogP contribution in [0.3, 0.4) is 0 Å². The van der Waals surface area contributed by atoms with E-state index in [0.29, 0.717) is 22.5 Å². The maximum absolute atomic E-state index is 11.8. The average molecular weight is 328 g/mol. The number of aliphatic carboxylic acids is 1. The van der Waals surface area contributed by atoms with E-state index >= 15 is 0 Å². The molecule has 1 amide bonds.